The summed E-state index contributed by atoms with van der Waals surface area (Å²) in [6.45, 7) is 2.10. The first-order valence-corrected chi connectivity index (χ1v) is 6.33. The van der Waals surface area contributed by atoms with Gasteiger partial charge in [0.25, 0.3) is 0 Å². The third kappa shape index (κ3) is 3.83. The van der Waals surface area contributed by atoms with Gasteiger partial charge in [-0.1, -0.05) is 0 Å². The highest BCUT2D eigenvalue weighted by Crippen LogP contribution is 2.19. The van der Waals surface area contributed by atoms with E-state index in [1.165, 1.54) is 7.11 Å². The standard InChI is InChI=1S/C14H18N4O2/c1-10(13-7-8-15-18-13)16-11-3-5-12(6-4-11)17-14(19)9-20-2/h3-8,10,16H,9H2,1-2H3,(H,15,18)(H,17,19). The minimum atomic E-state index is -0.168. The van der Waals surface area contributed by atoms with E-state index in [4.69, 9.17) is 4.74 Å². The van der Waals surface area contributed by atoms with Crippen molar-refractivity contribution in [3.63, 3.8) is 0 Å². The second-order valence-corrected chi connectivity index (χ2v) is 4.44. The van der Waals surface area contributed by atoms with Gasteiger partial charge in [0.2, 0.25) is 5.91 Å². The van der Waals surface area contributed by atoms with E-state index in [1.807, 2.05) is 37.3 Å². The monoisotopic (exact) mass is 274 g/mol. The first kappa shape index (κ1) is 14.1. The number of ether oxygens (including phenoxy) is 1. The van der Waals surface area contributed by atoms with Gasteiger partial charge in [0.05, 0.1) is 11.7 Å². The Hall–Kier alpha value is -2.34. The zero-order chi connectivity index (χ0) is 14.4. The fourth-order valence-electron chi connectivity index (χ4n) is 1.81. The lowest BCUT2D eigenvalue weighted by molar-refractivity contribution is -0.119. The summed E-state index contributed by atoms with van der Waals surface area (Å²) in [6.07, 6.45) is 1.72. The Bertz CT molecular complexity index is 537. The fraction of sp³-hybridized carbons (Fsp3) is 0.286. The van der Waals surface area contributed by atoms with Gasteiger partial charge in [0, 0.05) is 24.7 Å². The lowest BCUT2D eigenvalue weighted by Crippen LogP contribution is -2.17. The van der Waals surface area contributed by atoms with Crippen LogP contribution >= 0.6 is 0 Å². The average molecular weight is 274 g/mol. The molecule has 0 fully saturated rings. The van der Waals surface area contributed by atoms with Gasteiger partial charge < -0.3 is 15.4 Å². The molecule has 0 radical (unpaired) electrons. The molecule has 0 saturated heterocycles. The van der Waals surface area contributed by atoms with Crippen molar-refractivity contribution in [2.24, 2.45) is 0 Å². The molecule has 1 unspecified atom stereocenters. The van der Waals surface area contributed by atoms with Crippen molar-refractivity contribution in [2.75, 3.05) is 24.4 Å². The van der Waals surface area contributed by atoms with Gasteiger partial charge in [-0.2, -0.15) is 5.10 Å². The summed E-state index contributed by atoms with van der Waals surface area (Å²) in [5.41, 5.74) is 2.73. The summed E-state index contributed by atoms with van der Waals surface area (Å²) >= 11 is 0. The molecular weight excluding hydrogens is 256 g/mol. The predicted molar refractivity (Wildman–Crippen MR) is 77.6 cm³/mol. The van der Waals surface area contributed by atoms with Gasteiger partial charge >= 0.3 is 0 Å². The zero-order valence-electron chi connectivity index (χ0n) is 11.5. The summed E-state index contributed by atoms with van der Waals surface area (Å²) in [4.78, 5) is 11.4. The van der Waals surface area contributed by atoms with Crippen LogP contribution in [0.5, 0.6) is 0 Å². The summed E-state index contributed by atoms with van der Waals surface area (Å²) < 4.78 is 4.76. The number of aromatic nitrogens is 2. The number of nitrogens with one attached hydrogen (secondary N) is 3. The first-order valence-electron chi connectivity index (χ1n) is 6.33. The third-order valence-corrected chi connectivity index (χ3v) is 2.82. The van der Waals surface area contributed by atoms with Crippen molar-refractivity contribution in [1.82, 2.24) is 10.2 Å². The van der Waals surface area contributed by atoms with E-state index in [0.717, 1.165) is 17.1 Å². The highest BCUT2D eigenvalue weighted by Gasteiger charge is 2.06. The number of hydrogen-bond donors (Lipinski definition) is 3. The first-order chi connectivity index (χ1) is 9.69. The van der Waals surface area contributed by atoms with Crippen LogP contribution in [0.1, 0.15) is 18.7 Å². The van der Waals surface area contributed by atoms with Crippen molar-refractivity contribution in [3.05, 3.63) is 42.2 Å². The Labute approximate surface area is 117 Å². The van der Waals surface area contributed by atoms with Gasteiger partial charge in [-0.05, 0) is 37.3 Å². The summed E-state index contributed by atoms with van der Waals surface area (Å²) in [5.74, 6) is -0.168. The molecule has 1 atom stereocenters. The smallest absolute Gasteiger partial charge is 0.250 e. The molecule has 106 valence electrons. The Morgan fingerprint density at radius 1 is 1.30 bits per heavy atom. The minimum Gasteiger partial charge on any atom is -0.377 e. The molecule has 20 heavy (non-hydrogen) atoms. The van der Waals surface area contributed by atoms with E-state index in [9.17, 15) is 4.79 Å². The second-order valence-electron chi connectivity index (χ2n) is 4.44. The van der Waals surface area contributed by atoms with E-state index < -0.39 is 0 Å². The van der Waals surface area contributed by atoms with Gasteiger partial charge in [0.1, 0.15) is 6.61 Å². The Balaban J connectivity index is 1.93. The number of carbonyl (C=O) groups is 1. The molecule has 0 spiro atoms. The molecule has 1 aromatic carbocycles. The van der Waals surface area contributed by atoms with Crippen molar-refractivity contribution in [3.8, 4) is 0 Å². The SMILES string of the molecule is COCC(=O)Nc1ccc(NC(C)c2ccn[nH]2)cc1. The summed E-state index contributed by atoms with van der Waals surface area (Å²) in [6, 6.07) is 9.57. The number of methoxy groups -OCH3 is 1. The number of amides is 1. The van der Waals surface area contributed by atoms with E-state index >= 15 is 0 Å². The van der Waals surface area contributed by atoms with Crippen molar-refractivity contribution in [1.29, 1.82) is 0 Å². The van der Waals surface area contributed by atoms with E-state index in [1.54, 1.807) is 6.20 Å². The highest BCUT2D eigenvalue weighted by atomic mass is 16.5. The van der Waals surface area contributed by atoms with E-state index in [-0.39, 0.29) is 18.6 Å². The Kier molecular flexibility index (Phi) is 4.73. The molecule has 0 aliphatic rings. The maximum atomic E-state index is 11.4. The minimum absolute atomic E-state index is 0.0524. The predicted octanol–water partition coefficient (Wildman–Crippen LogP) is 2.17. The molecule has 2 rings (SSSR count). The number of H-pyrrole nitrogens is 1. The molecule has 1 heterocycles. The van der Waals surface area contributed by atoms with Crippen LogP contribution in [-0.2, 0) is 9.53 Å². The van der Waals surface area contributed by atoms with Gasteiger partial charge in [-0.3, -0.25) is 9.89 Å². The van der Waals surface area contributed by atoms with Crippen LogP contribution in [0.3, 0.4) is 0 Å². The van der Waals surface area contributed by atoms with Gasteiger partial charge in [-0.15, -0.1) is 0 Å². The number of hydrogen-bond acceptors (Lipinski definition) is 4. The molecule has 0 bridgehead atoms. The molecule has 1 aromatic heterocycles. The molecule has 2 aromatic rings. The lowest BCUT2D eigenvalue weighted by Gasteiger charge is -2.14. The van der Waals surface area contributed by atoms with Crippen LogP contribution in [0.15, 0.2) is 36.5 Å². The summed E-state index contributed by atoms with van der Waals surface area (Å²) in [7, 11) is 1.49. The normalized spacial score (nSPS) is 11.9. The third-order valence-electron chi connectivity index (χ3n) is 2.82. The number of benzene rings is 1. The molecule has 0 saturated carbocycles. The molecule has 3 N–H and O–H groups in total. The second kappa shape index (κ2) is 6.72. The van der Waals surface area contributed by atoms with E-state index in [2.05, 4.69) is 20.8 Å². The van der Waals surface area contributed by atoms with Crippen molar-refractivity contribution < 1.29 is 9.53 Å². The van der Waals surface area contributed by atoms with Crippen LogP contribution in [0.2, 0.25) is 0 Å². The molecule has 6 nitrogen and oxygen atoms in total. The fourth-order valence-corrected chi connectivity index (χ4v) is 1.81. The van der Waals surface area contributed by atoms with Crippen molar-refractivity contribution in [2.45, 2.75) is 13.0 Å². The topological polar surface area (TPSA) is 79.0 Å². The van der Waals surface area contributed by atoms with Crippen molar-refractivity contribution >= 4 is 17.3 Å². The summed E-state index contributed by atoms with van der Waals surface area (Å²) in [5, 5.41) is 12.9. The van der Waals surface area contributed by atoms with Crippen LogP contribution in [0, 0.1) is 0 Å². The van der Waals surface area contributed by atoms with Crippen LogP contribution in [0.4, 0.5) is 11.4 Å². The highest BCUT2D eigenvalue weighted by molar-refractivity contribution is 5.91. The Morgan fingerprint density at radius 3 is 2.60 bits per heavy atom. The quantitative estimate of drug-likeness (QED) is 0.754. The maximum absolute atomic E-state index is 11.4. The largest absolute Gasteiger partial charge is 0.377 e. The van der Waals surface area contributed by atoms with Gasteiger partial charge in [-0.25, -0.2) is 0 Å². The molecule has 1 amide bonds. The lowest BCUT2D eigenvalue weighted by atomic mass is 10.2. The van der Waals surface area contributed by atoms with Crippen LogP contribution < -0.4 is 10.6 Å². The van der Waals surface area contributed by atoms with Crippen LogP contribution in [-0.4, -0.2) is 29.8 Å². The number of aromatic amines is 1. The Morgan fingerprint density at radius 2 is 2.00 bits per heavy atom. The maximum Gasteiger partial charge on any atom is 0.250 e. The number of anilines is 2. The molecule has 0 aliphatic heterocycles. The van der Waals surface area contributed by atoms with E-state index in [0.29, 0.717) is 0 Å². The van der Waals surface area contributed by atoms with Crippen LogP contribution in [0.25, 0.3) is 0 Å². The zero-order valence-corrected chi connectivity index (χ0v) is 11.5. The number of nitrogens with zero attached hydrogens (tertiary/aromatic N) is 1. The average Bonchev–Trinajstić information content (AvgIpc) is 2.95. The molecule has 0 aliphatic carbocycles. The number of carbonyl (C=O) groups excluding carboxylic acids is 1. The number of rotatable bonds is 6. The molecular formula is C14H18N4O2. The van der Waals surface area contributed by atoms with Gasteiger partial charge in [0.15, 0.2) is 0 Å². The molecule has 6 heteroatoms.